The summed E-state index contributed by atoms with van der Waals surface area (Å²) in [5, 5.41) is 2.68. The third-order valence-electron chi connectivity index (χ3n) is 6.39. The Morgan fingerprint density at radius 1 is 0.833 bits per heavy atom. The summed E-state index contributed by atoms with van der Waals surface area (Å²) < 4.78 is 11.6. The number of hydrogen-bond donors (Lipinski definition) is 1. The van der Waals surface area contributed by atoms with E-state index in [4.69, 9.17) is 9.47 Å². The Bertz CT molecular complexity index is 1150. The largest absolute Gasteiger partial charge is 0.460 e. The van der Waals surface area contributed by atoms with Gasteiger partial charge in [0, 0.05) is 32.5 Å². The first-order chi connectivity index (χ1) is 17.5. The highest BCUT2D eigenvalue weighted by Crippen LogP contribution is 2.32. The molecule has 1 aliphatic rings. The molecule has 1 heterocycles. The van der Waals surface area contributed by atoms with Gasteiger partial charge in [-0.25, -0.2) is 9.59 Å². The number of ether oxygens (including phenoxy) is 2. The first kappa shape index (κ1) is 25.1. The number of carbonyl (C=O) groups excluding carboxylic acids is 3. The second kappa shape index (κ2) is 12.1. The van der Waals surface area contributed by atoms with Gasteiger partial charge in [-0.15, -0.1) is 0 Å². The monoisotopic (exact) mass is 486 g/mol. The summed E-state index contributed by atoms with van der Waals surface area (Å²) in [6.07, 6.45) is 0.0491. The summed E-state index contributed by atoms with van der Waals surface area (Å²) in [5.41, 5.74) is 1.97. The first-order valence-electron chi connectivity index (χ1n) is 12.0. The van der Waals surface area contributed by atoms with E-state index < -0.39 is 18.0 Å². The van der Waals surface area contributed by atoms with Gasteiger partial charge in [0.2, 0.25) is 5.91 Å². The summed E-state index contributed by atoms with van der Waals surface area (Å²) in [7, 11) is 1.59. The SMILES string of the molecule is CNC(=O)CC1C(OC(=O)c2ccccc2)CC(COC(=O)c2ccccc2)N1Cc1ccccc1. The summed E-state index contributed by atoms with van der Waals surface area (Å²) in [4.78, 5) is 40.1. The van der Waals surface area contributed by atoms with Crippen LogP contribution in [0, 0.1) is 0 Å². The maximum Gasteiger partial charge on any atom is 0.338 e. The number of rotatable bonds is 9. The molecule has 186 valence electrons. The number of amides is 1. The van der Waals surface area contributed by atoms with Crippen LogP contribution in [0.2, 0.25) is 0 Å². The van der Waals surface area contributed by atoms with E-state index in [1.807, 2.05) is 42.5 Å². The van der Waals surface area contributed by atoms with Crippen LogP contribution in [0.1, 0.15) is 39.1 Å². The van der Waals surface area contributed by atoms with Gasteiger partial charge in [-0.2, -0.15) is 0 Å². The van der Waals surface area contributed by atoms with Gasteiger partial charge >= 0.3 is 11.9 Å². The molecule has 1 fully saturated rings. The van der Waals surface area contributed by atoms with Crippen molar-refractivity contribution in [2.45, 2.75) is 37.6 Å². The average Bonchev–Trinajstić information content (AvgIpc) is 3.23. The lowest BCUT2D eigenvalue weighted by Gasteiger charge is -2.30. The zero-order valence-corrected chi connectivity index (χ0v) is 20.2. The van der Waals surface area contributed by atoms with Crippen molar-refractivity contribution in [3.05, 3.63) is 108 Å². The smallest absolute Gasteiger partial charge is 0.338 e. The van der Waals surface area contributed by atoms with Gasteiger partial charge in [0.15, 0.2) is 0 Å². The van der Waals surface area contributed by atoms with Crippen LogP contribution in [0.5, 0.6) is 0 Å². The fourth-order valence-corrected chi connectivity index (χ4v) is 4.53. The Labute approximate surface area is 211 Å². The van der Waals surface area contributed by atoms with Crippen molar-refractivity contribution in [3.63, 3.8) is 0 Å². The van der Waals surface area contributed by atoms with Crippen LogP contribution < -0.4 is 5.32 Å². The quantitative estimate of drug-likeness (QED) is 0.463. The summed E-state index contributed by atoms with van der Waals surface area (Å²) in [5.74, 6) is -1.01. The normalized spacial score (nSPS) is 19.4. The lowest BCUT2D eigenvalue weighted by molar-refractivity contribution is -0.122. The summed E-state index contributed by atoms with van der Waals surface area (Å²) >= 11 is 0. The number of esters is 2. The fourth-order valence-electron chi connectivity index (χ4n) is 4.53. The predicted molar refractivity (Wildman–Crippen MR) is 135 cm³/mol. The van der Waals surface area contributed by atoms with Crippen molar-refractivity contribution < 1.29 is 23.9 Å². The van der Waals surface area contributed by atoms with E-state index in [9.17, 15) is 14.4 Å². The van der Waals surface area contributed by atoms with Crippen LogP contribution in [0.15, 0.2) is 91.0 Å². The molecular weight excluding hydrogens is 456 g/mol. The molecule has 3 aromatic rings. The lowest BCUT2D eigenvalue weighted by atomic mass is 10.1. The van der Waals surface area contributed by atoms with Crippen molar-refractivity contribution in [1.29, 1.82) is 0 Å². The van der Waals surface area contributed by atoms with Crippen molar-refractivity contribution in [2.24, 2.45) is 0 Å². The second-order valence-electron chi connectivity index (χ2n) is 8.77. The Balaban J connectivity index is 1.57. The van der Waals surface area contributed by atoms with Crippen molar-refractivity contribution in [1.82, 2.24) is 10.2 Å². The molecule has 4 rings (SSSR count). The van der Waals surface area contributed by atoms with E-state index in [2.05, 4.69) is 10.2 Å². The molecule has 0 saturated carbocycles. The molecule has 1 N–H and O–H groups in total. The van der Waals surface area contributed by atoms with E-state index in [1.165, 1.54) is 0 Å². The van der Waals surface area contributed by atoms with Gasteiger partial charge in [0.05, 0.1) is 17.2 Å². The fraction of sp³-hybridized carbons (Fsp3) is 0.276. The van der Waals surface area contributed by atoms with Crippen LogP contribution in [-0.4, -0.2) is 54.6 Å². The molecule has 36 heavy (non-hydrogen) atoms. The predicted octanol–water partition coefficient (Wildman–Crippen LogP) is 3.85. The molecule has 1 amide bonds. The molecule has 0 spiro atoms. The van der Waals surface area contributed by atoms with Gasteiger partial charge in [-0.3, -0.25) is 9.69 Å². The molecule has 0 aliphatic carbocycles. The van der Waals surface area contributed by atoms with Crippen LogP contribution in [0.3, 0.4) is 0 Å². The topological polar surface area (TPSA) is 84.9 Å². The number of hydrogen-bond acceptors (Lipinski definition) is 6. The second-order valence-corrected chi connectivity index (χ2v) is 8.77. The van der Waals surface area contributed by atoms with E-state index in [-0.39, 0.29) is 31.0 Å². The van der Waals surface area contributed by atoms with E-state index >= 15 is 0 Å². The van der Waals surface area contributed by atoms with Gasteiger partial charge < -0.3 is 14.8 Å². The molecule has 1 saturated heterocycles. The minimum Gasteiger partial charge on any atom is -0.460 e. The minimum atomic E-state index is -0.542. The van der Waals surface area contributed by atoms with Crippen molar-refractivity contribution in [3.8, 4) is 0 Å². The van der Waals surface area contributed by atoms with Crippen molar-refractivity contribution in [2.75, 3.05) is 13.7 Å². The highest BCUT2D eigenvalue weighted by Gasteiger charge is 2.44. The Morgan fingerprint density at radius 3 is 1.97 bits per heavy atom. The highest BCUT2D eigenvalue weighted by atomic mass is 16.5. The van der Waals surface area contributed by atoms with E-state index in [0.29, 0.717) is 24.1 Å². The van der Waals surface area contributed by atoms with Gasteiger partial charge in [-0.05, 0) is 29.8 Å². The maximum absolute atomic E-state index is 12.9. The standard InChI is InChI=1S/C29H30N2O5/c1-30-27(32)18-25-26(36-29(34)23-15-9-4-10-16-23)17-24(31(25)19-21-11-5-2-6-12-21)20-35-28(33)22-13-7-3-8-14-22/h2-16,24-26H,17-20H2,1H3,(H,30,32). The number of benzene rings is 3. The molecule has 3 atom stereocenters. The minimum absolute atomic E-state index is 0.115. The number of nitrogens with zero attached hydrogens (tertiary/aromatic N) is 1. The summed E-state index contributed by atoms with van der Waals surface area (Å²) in [6, 6.07) is 26.9. The highest BCUT2D eigenvalue weighted by molar-refractivity contribution is 5.90. The van der Waals surface area contributed by atoms with Crippen LogP contribution in [0.4, 0.5) is 0 Å². The van der Waals surface area contributed by atoms with Crippen LogP contribution in [0.25, 0.3) is 0 Å². The third kappa shape index (κ3) is 6.37. The first-order valence-corrected chi connectivity index (χ1v) is 12.0. The van der Waals surface area contributed by atoms with Gasteiger partial charge in [0.25, 0.3) is 0 Å². The van der Waals surface area contributed by atoms with Gasteiger partial charge in [-0.1, -0.05) is 66.7 Å². The zero-order chi connectivity index (χ0) is 25.3. The maximum atomic E-state index is 12.9. The van der Waals surface area contributed by atoms with Crippen LogP contribution >= 0.6 is 0 Å². The molecule has 7 heteroatoms. The van der Waals surface area contributed by atoms with E-state index in [1.54, 1.807) is 55.6 Å². The Morgan fingerprint density at radius 2 is 1.39 bits per heavy atom. The van der Waals surface area contributed by atoms with Gasteiger partial charge in [0.1, 0.15) is 12.7 Å². The number of carbonyl (C=O) groups is 3. The molecular formula is C29H30N2O5. The van der Waals surface area contributed by atoms with E-state index in [0.717, 1.165) is 5.56 Å². The number of likely N-dealkylation sites (tertiary alicyclic amines) is 1. The third-order valence-corrected chi connectivity index (χ3v) is 6.39. The molecule has 0 aromatic heterocycles. The molecule has 1 aliphatic heterocycles. The summed E-state index contributed by atoms with van der Waals surface area (Å²) in [6.45, 7) is 0.639. The Kier molecular flexibility index (Phi) is 8.47. The van der Waals surface area contributed by atoms with Crippen LogP contribution in [-0.2, 0) is 20.8 Å². The molecule has 3 unspecified atom stereocenters. The average molecular weight is 487 g/mol. The lowest BCUT2D eigenvalue weighted by Crippen LogP contribution is -2.43. The molecule has 0 radical (unpaired) electrons. The molecule has 3 aromatic carbocycles. The number of nitrogens with one attached hydrogen (secondary N) is 1. The van der Waals surface area contributed by atoms with Crippen molar-refractivity contribution >= 4 is 17.8 Å². The molecule has 7 nitrogen and oxygen atoms in total. The zero-order valence-electron chi connectivity index (χ0n) is 20.2. The Hall–Kier alpha value is -3.97. The molecule has 0 bridgehead atoms.